The summed E-state index contributed by atoms with van der Waals surface area (Å²) in [7, 11) is 3.47. The third-order valence-corrected chi connectivity index (χ3v) is 5.73. The van der Waals surface area contributed by atoms with Gasteiger partial charge in [0, 0.05) is 49.6 Å². The Kier molecular flexibility index (Phi) is 9.20. The van der Waals surface area contributed by atoms with Gasteiger partial charge >= 0.3 is 0 Å². The number of benzene rings is 1. The second kappa shape index (κ2) is 11.4. The highest BCUT2D eigenvalue weighted by Crippen LogP contribution is 2.25. The van der Waals surface area contributed by atoms with Crippen LogP contribution < -0.4 is 10.1 Å². The molecule has 0 bridgehead atoms. The fourth-order valence-electron chi connectivity index (χ4n) is 3.04. The minimum atomic E-state index is 0. The van der Waals surface area contributed by atoms with E-state index in [9.17, 15) is 0 Å². The van der Waals surface area contributed by atoms with Gasteiger partial charge in [0.2, 0.25) is 5.88 Å². The van der Waals surface area contributed by atoms with Gasteiger partial charge in [0.15, 0.2) is 5.96 Å². The van der Waals surface area contributed by atoms with Gasteiger partial charge in [0.25, 0.3) is 0 Å². The Labute approximate surface area is 183 Å². The number of aliphatic imine (C=N–C) groups is 1. The molecule has 2 aromatic rings. The average Bonchev–Trinajstić information content (AvgIpc) is 3.17. The number of halogens is 1. The van der Waals surface area contributed by atoms with Crippen molar-refractivity contribution in [1.82, 2.24) is 15.2 Å². The van der Waals surface area contributed by atoms with Crippen molar-refractivity contribution in [2.24, 2.45) is 10.9 Å². The van der Waals surface area contributed by atoms with Gasteiger partial charge in [-0.1, -0.05) is 24.3 Å². The lowest BCUT2D eigenvalue weighted by atomic mass is 10.2. The van der Waals surface area contributed by atoms with Gasteiger partial charge in [0.1, 0.15) is 0 Å². The zero-order valence-electron chi connectivity index (χ0n) is 15.8. The van der Waals surface area contributed by atoms with Gasteiger partial charge < -0.3 is 15.0 Å². The Balaban J connectivity index is 0.00000261. The van der Waals surface area contributed by atoms with Crippen LogP contribution >= 0.6 is 35.7 Å². The van der Waals surface area contributed by atoms with E-state index < -0.39 is 0 Å². The van der Waals surface area contributed by atoms with Crippen molar-refractivity contribution in [3.8, 4) is 5.88 Å². The normalized spacial score (nSPS) is 16.7. The predicted molar refractivity (Wildman–Crippen MR) is 123 cm³/mol. The number of methoxy groups -OCH3 is 1. The first-order valence-electron chi connectivity index (χ1n) is 8.91. The van der Waals surface area contributed by atoms with E-state index >= 15 is 0 Å². The van der Waals surface area contributed by atoms with Crippen LogP contribution in [0.1, 0.15) is 12.0 Å². The average molecular weight is 498 g/mol. The molecule has 1 fully saturated rings. The van der Waals surface area contributed by atoms with Crippen molar-refractivity contribution in [2.75, 3.05) is 33.0 Å². The molecule has 5 nitrogen and oxygen atoms in total. The fourth-order valence-corrected chi connectivity index (χ4v) is 4.09. The first-order chi connectivity index (χ1) is 12.8. The molecule has 0 spiro atoms. The van der Waals surface area contributed by atoms with E-state index in [1.54, 1.807) is 7.11 Å². The summed E-state index contributed by atoms with van der Waals surface area (Å²) in [6.45, 7) is 2.82. The van der Waals surface area contributed by atoms with E-state index in [1.165, 1.54) is 11.3 Å². The highest BCUT2D eigenvalue weighted by atomic mass is 127. The van der Waals surface area contributed by atoms with Crippen molar-refractivity contribution < 1.29 is 4.74 Å². The van der Waals surface area contributed by atoms with Crippen LogP contribution in [-0.4, -0.2) is 48.8 Å². The van der Waals surface area contributed by atoms with Crippen LogP contribution in [0.4, 0.5) is 0 Å². The van der Waals surface area contributed by atoms with Crippen LogP contribution in [0.5, 0.6) is 5.88 Å². The molecule has 1 aliphatic rings. The minimum Gasteiger partial charge on any atom is -0.481 e. The molecule has 27 heavy (non-hydrogen) atoms. The molecule has 0 radical (unpaired) electrons. The van der Waals surface area contributed by atoms with Gasteiger partial charge in [-0.3, -0.25) is 4.99 Å². The van der Waals surface area contributed by atoms with Crippen LogP contribution in [-0.2, 0) is 6.54 Å². The van der Waals surface area contributed by atoms with Crippen molar-refractivity contribution in [3.05, 3.63) is 54.2 Å². The molecule has 7 heteroatoms. The second-order valence-electron chi connectivity index (χ2n) is 6.33. The number of hydrogen-bond acceptors (Lipinski definition) is 4. The van der Waals surface area contributed by atoms with Gasteiger partial charge in [-0.15, -0.1) is 35.7 Å². The van der Waals surface area contributed by atoms with Crippen LogP contribution in [0.25, 0.3) is 0 Å². The number of hydrogen-bond donors (Lipinski definition) is 1. The maximum absolute atomic E-state index is 5.10. The van der Waals surface area contributed by atoms with Gasteiger partial charge in [-0.05, 0) is 30.0 Å². The summed E-state index contributed by atoms with van der Waals surface area (Å²) < 4.78 is 5.10. The summed E-state index contributed by atoms with van der Waals surface area (Å²) in [4.78, 5) is 12.4. The quantitative estimate of drug-likeness (QED) is 0.284. The monoisotopic (exact) mass is 498 g/mol. The Morgan fingerprint density at radius 3 is 2.78 bits per heavy atom. The maximum Gasteiger partial charge on any atom is 0.212 e. The van der Waals surface area contributed by atoms with Crippen molar-refractivity contribution >= 4 is 41.7 Å². The van der Waals surface area contributed by atoms with E-state index in [4.69, 9.17) is 4.74 Å². The summed E-state index contributed by atoms with van der Waals surface area (Å²) >= 11 is 1.95. The molecule has 0 aliphatic carbocycles. The zero-order chi connectivity index (χ0) is 18.2. The summed E-state index contributed by atoms with van der Waals surface area (Å²) in [6.07, 6.45) is 3.05. The summed E-state index contributed by atoms with van der Waals surface area (Å²) in [5, 5.41) is 3.45. The number of nitrogens with zero attached hydrogens (tertiary/aromatic N) is 3. The van der Waals surface area contributed by atoms with Crippen LogP contribution in [0.2, 0.25) is 0 Å². The fraction of sp³-hybridized carbons (Fsp3) is 0.400. The third-order valence-electron chi connectivity index (χ3n) is 4.48. The number of ether oxygens (including phenoxy) is 1. The Bertz CT molecular complexity index is 712. The molecule has 1 unspecified atom stereocenters. The highest BCUT2D eigenvalue weighted by molar-refractivity contribution is 14.0. The van der Waals surface area contributed by atoms with E-state index in [-0.39, 0.29) is 24.0 Å². The molecular formula is C20H27IN4OS. The second-order valence-corrected chi connectivity index (χ2v) is 7.43. The number of nitrogens with one attached hydrogen (secondary N) is 1. The molecule has 1 atom stereocenters. The van der Waals surface area contributed by atoms with Gasteiger partial charge in [-0.2, -0.15) is 0 Å². The summed E-state index contributed by atoms with van der Waals surface area (Å²) in [5.74, 6) is 3.45. The molecule has 1 saturated heterocycles. The first kappa shape index (κ1) is 21.8. The topological polar surface area (TPSA) is 49.8 Å². The molecule has 0 saturated carbocycles. The third kappa shape index (κ3) is 6.57. The lowest BCUT2D eigenvalue weighted by Gasteiger charge is -2.21. The van der Waals surface area contributed by atoms with Gasteiger partial charge in [-0.25, -0.2) is 4.98 Å². The summed E-state index contributed by atoms with van der Waals surface area (Å²) in [6, 6.07) is 14.5. The van der Waals surface area contributed by atoms with E-state index in [0.717, 1.165) is 30.4 Å². The molecule has 1 aromatic heterocycles. The molecular weight excluding hydrogens is 471 g/mol. The van der Waals surface area contributed by atoms with Crippen LogP contribution in [0, 0.1) is 5.92 Å². The van der Waals surface area contributed by atoms with E-state index in [0.29, 0.717) is 18.3 Å². The predicted octanol–water partition coefficient (Wildman–Crippen LogP) is 3.90. The van der Waals surface area contributed by atoms with E-state index in [1.807, 2.05) is 37.1 Å². The first-order valence-corrected chi connectivity index (χ1v) is 9.89. The SMILES string of the molecule is CN=C(NCc1ccc(OC)nc1)N1CCC(CSc2ccccc2)C1.I. The maximum atomic E-state index is 5.10. The van der Waals surface area contributed by atoms with E-state index in [2.05, 4.69) is 50.5 Å². The molecule has 146 valence electrons. The highest BCUT2D eigenvalue weighted by Gasteiger charge is 2.24. The van der Waals surface area contributed by atoms with Crippen LogP contribution in [0.15, 0.2) is 58.5 Å². The Hall–Kier alpha value is -1.48. The smallest absolute Gasteiger partial charge is 0.212 e. The van der Waals surface area contributed by atoms with Crippen LogP contribution in [0.3, 0.4) is 0 Å². The molecule has 1 aromatic carbocycles. The van der Waals surface area contributed by atoms with Crippen molar-refractivity contribution in [1.29, 1.82) is 0 Å². The van der Waals surface area contributed by atoms with Gasteiger partial charge in [0.05, 0.1) is 7.11 Å². The number of pyridine rings is 1. The summed E-state index contributed by atoms with van der Waals surface area (Å²) in [5.41, 5.74) is 1.11. The lowest BCUT2D eigenvalue weighted by Crippen LogP contribution is -2.39. The Morgan fingerprint density at radius 2 is 2.11 bits per heavy atom. The lowest BCUT2D eigenvalue weighted by molar-refractivity contribution is 0.397. The zero-order valence-corrected chi connectivity index (χ0v) is 18.9. The molecule has 1 N–H and O–H groups in total. The van der Waals surface area contributed by atoms with Crippen molar-refractivity contribution in [3.63, 3.8) is 0 Å². The minimum absolute atomic E-state index is 0. The molecule has 1 aliphatic heterocycles. The largest absolute Gasteiger partial charge is 0.481 e. The number of rotatable bonds is 6. The number of guanidine groups is 1. The number of aromatic nitrogens is 1. The molecule has 3 rings (SSSR count). The number of likely N-dealkylation sites (tertiary alicyclic amines) is 1. The van der Waals surface area contributed by atoms with Crippen molar-refractivity contribution in [2.45, 2.75) is 17.9 Å². The Morgan fingerprint density at radius 1 is 1.30 bits per heavy atom. The number of thioether (sulfide) groups is 1. The standard InChI is InChI=1S/C20H26N4OS.HI/c1-21-20(23-13-16-8-9-19(25-2)22-12-16)24-11-10-17(14-24)15-26-18-6-4-3-5-7-18;/h3-9,12,17H,10-11,13-15H2,1-2H3,(H,21,23);1H. The molecule has 2 heterocycles. The molecule has 0 amide bonds.